The number of hydrogen-bond donors (Lipinski definition) is 0. The topological polar surface area (TPSA) is 55.6 Å². The molecule has 0 radical (unpaired) electrons. The van der Waals surface area contributed by atoms with E-state index >= 15 is 0 Å². The summed E-state index contributed by atoms with van der Waals surface area (Å²) in [7, 11) is 1.67. The standard InChI is InChI=1S/C20H24N2O3/c1-12-5-4-6-13(2)22(12)20(23)18-17-9-7-14-11-15(24-3)8-10-16(14)19(17)25-21-18/h8,10-13H,4-7,9H2,1-3H3/t12-,13-/m1/s1. The summed E-state index contributed by atoms with van der Waals surface area (Å²) >= 11 is 0. The zero-order valence-electron chi connectivity index (χ0n) is 15.0. The molecule has 0 spiro atoms. The molecule has 1 amide bonds. The van der Waals surface area contributed by atoms with Crippen molar-refractivity contribution in [2.75, 3.05) is 7.11 Å². The summed E-state index contributed by atoms with van der Waals surface area (Å²) in [6.45, 7) is 4.25. The van der Waals surface area contributed by atoms with Gasteiger partial charge in [0.15, 0.2) is 11.5 Å². The van der Waals surface area contributed by atoms with E-state index in [0.29, 0.717) is 5.69 Å². The van der Waals surface area contributed by atoms with E-state index in [2.05, 4.69) is 19.0 Å². The normalized spacial score (nSPS) is 22.3. The number of aromatic nitrogens is 1. The van der Waals surface area contributed by atoms with Crippen LogP contribution in [0.5, 0.6) is 5.75 Å². The third-order valence-electron chi connectivity index (χ3n) is 5.62. The largest absolute Gasteiger partial charge is 0.497 e. The third-order valence-corrected chi connectivity index (χ3v) is 5.62. The fourth-order valence-corrected chi connectivity index (χ4v) is 4.25. The minimum Gasteiger partial charge on any atom is -0.497 e. The number of nitrogens with zero attached hydrogens (tertiary/aromatic N) is 2. The summed E-state index contributed by atoms with van der Waals surface area (Å²) in [5.41, 5.74) is 3.65. The maximum absolute atomic E-state index is 13.1. The molecular weight excluding hydrogens is 316 g/mol. The van der Waals surface area contributed by atoms with Gasteiger partial charge in [-0.05, 0) is 69.7 Å². The zero-order chi connectivity index (χ0) is 17.6. The van der Waals surface area contributed by atoms with E-state index in [1.165, 1.54) is 12.0 Å². The molecule has 2 heterocycles. The summed E-state index contributed by atoms with van der Waals surface area (Å²) in [6, 6.07) is 6.47. The first-order chi connectivity index (χ1) is 12.1. The number of rotatable bonds is 2. The molecule has 4 rings (SSSR count). The van der Waals surface area contributed by atoms with Crippen molar-refractivity contribution < 1.29 is 14.1 Å². The average molecular weight is 340 g/mol. The molecule has 25 heavy (non-hydrogen) atoms. The monoisotopic (exact) mass is 340 g/mol. The van der Waals surface area contributed by atoms with Gasteiger partial charge in [0.1, 0.15) is 5.75 Å². The van der Waals surface area contributed by atoms with Crippen molar-refractivity contribution >= 4 is 5.91 Å². The summed E-state index contributed by atoms with van der Waals surface area (Å²) < 4.78 is 10.9. The third kappa shape index (κ3) is 2.62. The fraction of sp³-hybridized carbons (Fsp3) is 0.500. The number of ether oxygens (including phenoxy) is 1. The molecule has 2 atom stereocenters. The Kier molecular flexibility index (Phi) is 4.02. The predicted octanol–water partition coefficient (Wildman–Crippen LogP) is 3.85. The van der Waals surface area contributed by atoms with Crippen LogP contribution in [0.25, 0.3) is 11.3 Å². The number of carbonyl (C=O) groups is 1. The van der Waals surface area contributed by atoms with E-state index in [1.807, 2.05) is 23.1 Å². The quantitative estimate of drug-likeness (QED) is 0.833. The Labute approximate surface area is 147 Å². The zero-order valence-corrected chi connectivity index (χ0v) is 15.0. The van der Waals surface area contributed by atoms with Crippen LogP contribution < -0.4 is 4.74 Å². The Morgan fingerprint density at radius 1 is 1.24 bits per heavy atom. The average Bonchev–Trinajstić information content (AvgIpc) is 3.05. The van der Waals surface area contributed by atoms with Gasteiger partial charge in [-0.2, -0.15) is 0 Å². The van der Waals surface area contributed by atoms with E-state index < -0.39 is 0 Å². The molecule has 1 aliphatic heterocycles. The number of fused-ring (bicyclic) bond motifs is 3. The number of piperidine rings is 1. The molecule has 2 aliphatic rings. The number of aryl methyl sites for hydroxylation is 1. The summed E-state index contributed by atoms with van der Waals surface area (Å²) in [5.74, 6) is 1.60. The highest BCUT2D eigenvalue weighted by Gasteiger charge is 2.35. The van der Waals surface area contributed by atoms with Crippen LogP contribution >= 0.6 is 0 Å². The molecule has 5 nitrogen and oxygen atoms in total. The molecule has 1 fully saturated rings. The molecule has 5 heteroatoms. The minimum atomic E-state index is 0.0154. The van der Waals surface area contributed by atoms with Gasteiger partial charge in [0.2, 0.25) is 0 Å². The highest BCUT2D eigenvalue weighted by molar-refractivity contribution is 5.96. The molecule has 2 aromatic rings. The predicted molar refractivity (Wildman–Crippen MR) is 94.8 cm³/mol. The molecule has 0 bridgehead atoms. The van der Waals surface area contributed by atoms with Gasteiger partial charge in [-0.1, -0.05) is 5.16 Å². The van der Waals surface area contributed by atoms with E-state index in [1.54, 1.807) is 7.11 Å². The van der Waals surface area contributed by atoms with E-state index in [0.717, 1.165) is 48.3 Å². The summed E-state index contributed by atoms with van der Waals surface area (Å²) in [4.78, 5) is 15.1. The molecule has 1 aliphatic carbocycles. The van der Waals surface area contributed by atoms with Crippen LogP contribution in [0.2, 0.25) is 0 Å². The Morgan fingerprint density at radius 2 is 2.00 bits per heavy atom. The van der Waals surface area contributed by atoms with Crippen molar-refractivity contribution in [2.24, 2.45) is 0 Å². The van der Waals surface area contributed by atoms with Crippen LogP contribution in [-0.2, 0) is 12.8 Å². The van der Waals surface area contributed by atoms with Gasteiger partial charge in [-0.25, -0.2) is 0 Å². The molecule has 1 aromatic carbocycles. The lowest BCUT2D eigenvalue weighted by Gasteiger charge is -2.38. The van der Waals surface area contributed by atoms with Crippen LogP contribution in [0.3, 0.4) is 0 Å². The smallest absolute Gasteiger partial charge is 0.276 e. The molecule has 1 aromatic heterocycles. The van der Waals surface area contributed by atoms with E-state index in [4.69, 9.17) is 9.26 Å². The molecule has 132 valence electrons. The second-order valence-electron chi connectivity index (χ2n) is 7.20. The van der Waals surface area contributed by atoms with Crippen molar-refractivity contribution in [3.8, 4) is 17.1 Å². The maximum atomic E-state index is 13.1. The Balaban J connectivity index is 1.70. The SMILES string of the molecule is COc1ccc2c(c1)CCc1c(C(=O)N3[C@H](C)CCC[C@H]3C)noc1-2. The van der Waals surface area contributed by atoms with Crippen LogP contribution in [-0.4, -0.2) is 35.2 Å². The van der Waals surface area contributed by atoms with Crippen LogP contribution in [0.1, 0.15) is 54.7 Å². The van der Waals surface area contributed by atoms with Crippen LogP contribution in [0.15, 0.2) is 22.7 Å². The number of hydrogen-bond acceptors (Lipinski definition) is 4. The summed E-state index contributed by atoms with van der Waals surface area (Å²) in [5, 5.41) is 4.19. The van der Waals surface area contributed by atoms with Crippen molar-refractivity contribution in [3.63, 3.8) is 0 Å². The highest BCUT2D eigenvalue weighted by Crippen LogP contribution is 2.38. The van der Waals surface area contributed by atoms with Gasteiger partial charge in [-0.15, -0.1) is 0 Å². The highest BCUT2D eigenvalue weighted by atomic mass is 16.5. The minimum absolute atomic E-state index is 0.0154. The second kappa shape index (κ2) is 6.21. The molecule has 1 saturated heterocycles. The van der Waals surface area contributed by atoms with Gasteiger partial charge < -0.3 is 14.2 Å². The number of benzene rings is 1. The lowest BCUT2D eigenvalue weighted by Crippen LogP contribution is -2.47. The van der Waals surface area contributed by atoms with Crippen molar-refractivity contribution in [2.45, 2.75) is 58.0 Å². The van der Waals surface area contributed by atoms with Gasteiger partial charge in [0, 0.05) is 23.2 Å². The van der Waals surface area contributed by atoms with Gasteiger partial charge in [0.25, 0.3) is 5.91 Å². The second-order valence-corrected chi connectivity index (χ2v) is 7.20. The molecule has 0 N–H and O–H groups in total. The lowest BCUT2D eigenvalue weighted by molar-refractivity contribution is 0.0499. The van der Waals surface area contributed by atoms with E-state index in [-0.39, 0.29) is 18.0 Å². The number of carbonyl (C=O) groups excluding carboxylic acids is 1. The lowest BCUT2D eigenvalue weighted by atomic mass is 9.88. The molecule has 0 unspecified atom stereocenters. The van der Waals surface area contributed by atoms with Crippen molar-refractivity contribution in [1.82, 2.24) is 10.1 Å². The Hall–Kier alpha value is -2.30. The molecule has 0 saturated carbocycles. The Bertz CT molecular complexity index is 801. The number of likely N-dealkylation sites (tertiary alicyclic amines) is 1. The van der Waals surface area contributed by atoms with Gasteiger partial charge >= 0.3 is 0 Å². The van der Waals surface area contributed by atoms with Crippen LogP contribution in [0.4, 0.5) is 0 Å². The summed E-state index contributed by atoms with van der Waals surface area (Å²) in [6.07, 6.45) is 4.93. The Morgan fingerprint density at radius 3 is 2.72 bits per heavy atom. The number of methoxy groups -OCH3 is 1. The maximum Gasteiger partial charge on any atom is 0.276 e. The molecular formula is C20H24N2O3. The first-order valence-corrected chi connectivity index (χ1v) is 9.08. The van der Waals surface area contributed by atoms with Gasteiger partial charge in [0.05, 0.1) is 7.11 Å². The van der Waals surface area contributed by atoms with Crippen molar-refractivity contribution in [3.05, 3.63) is 35.0 Å². The number of amides is 1. The first-order valence-electron chi connectivity index (χ1n) is 9.08. The van der Waals surface area contributed by atoms with Crippen molar-refractivity contribution in [1.29, 1.82) is 0 Å². The van der Waals surface area contributed by atoms with Crippen LogP contribution in [0, 0.1) is 0 Å². The first kappa shape index (κ1) is 16.2. The van der Waals surface area contributed by atoms with Gasteiger partial charge in [-0.3, -0.25) is 4.79 Å². The fourth-order valence-electron chi connectivity index (χ4n) is 4.25. The van der Waals surface area contributed by atoms with E-state index in [9.17, 15) is 4.79 Å².